The largest absolute Gasteiger partial charge is 0.380 e. The van der Waals surface area contributed by atoms with Gasteiger partial charge in [0.15, 0.2) is 0 Å². The topological polar surface area (TPSA) is 51.4 Å². The molecule has 1 aromatic rings. The number of rotatable bonds is 4. The SMILES string of the molecule is COC1CCN(C(c2ccccn2)C(C)N)C1. The first-order valence-corrected chi connectivity index (χ1v) is 6.15. The van der Waals surface area contributed by atoms with E-state index < -0.39 is 0 Å². The molecule has 0 aromatic carbocycles. The van der Waals surface area contributed by atoms with Crippen molar-refractivity contribution in [2.45, 2.75) is 31.5 Å². The summed E-state index contributed by atoms with van der Waals surface area (Å²) < 4.78 is 5.40. The monoisotopic (exact) mass is 235 g/mol. The van der Waals surface area contributed by atoms with Crippen molar-refractivity contribution < 1.29 is 4.74 Å². The van der Waals surface area contributed by atoms with Gasteiger partial charge in [0.05, 0.1) is 17.8 Å². The molecule has 94 valence electrons. The highest BCUT2D eigenvalue weighted by Gasteiger charge is 2.31. The number of hydrogen-bond acceptors (Lipinski definition) is 4. The van der Waals surface area contributed by atoms with Gasteiger partial charge in [-0.25, -0.2) is 0 Å². The zero-order valence-electron chi connectivity index (χ0n) is 10.5. The molecule has 1 saturated heterocycles. The van der Waals surface area contributed by atoms with Gasteiger partial charge in [-0.05, 0) is 25.5 Å². The lowest BCUT2D eigenvalue weighted by Crippen LogP contribution is -2.39. The van der Waals surface area contributed by atoms with E-state index in [1.165, 1.54) is 0 Å². The predicted molar refractivity (Wildman–Crippen MR) is 67.6 cm³/mol. The Hall–Kier alpha value is -0.970. The summed E-state index contributed by atoms with van der Waals surface area (Å²) in [6, 6.07) is 6.26. The van der Waals surface area contributed by atoms with E-state index in [4.69, 9.17) is 10.5 Å². The van der Waals surface area contributed by atoms with Gasteiger partial charge in [-0.3, -0.25) is 9.88 Å². The average Bonchev–Trinajstić information content (AvgIpc) is 2.79. The Morgan fingerprint density at radius 3 is 2.88 bits per heavy atom. The number of likely N-dealkylation sites (tertiary alicyclic amines) is 1. The van der Waals surface area contributed by atoms with Gasteiger partial charge in [-0.1, -0.05) is 6.07 Å². The van der Waals surface area contributed by atoms with Gasteiger partial charge in [0.1, 0.15) is 0 Å². The third-order valence-electron chi connectivity index (χ3n) is 3.39. The Labute approximate surface area is 103 Å². The molecule has 1 fully saturated rings. The number of aromatic nitrogens is 1. The maximum Gasteiger partial charge on any atom is 0.0710 e. The standard InChI is InChI=1S/C13H21N3O/c1-10(14)13(12-5-3-4-7-15-12)16-8-6-11(9-16)17-2/h3-5,7,10-11,13H,6,8-9,14H2,1-2H3. The third-order valence-corrected chi connectivity index (χ3v) is 3.39. The molecule has 3 atom stereocenters. The molecule has 0 amide bonds. The minimum absolute atomic E-state index is 0.0699. The van der Waals surface area contributed by atoms with Crippen molar-refractivity contribution in [3.8, 4) is 0 Å². The fraction of sp³-hybridized carbons (Fsp3) is 0.615. The smallest absolute Gasteiger partial charge is 0.0710 e. The second-order valence-corrected chi connectivity index (χ2v) is 4.70. The Morgan fingerprint density at radius 1 is 1.53 bits per heavy atom. The quantitative estimate of drug-likeness (QED) is 0.851. The molecular formula is C13H21N3O. The Morgan fingerprint density at radius 2 is 2.35 bits per heavy atom. The van der Waals surface area contributed by atoms with Crippen molar-refractivity contribution >= 4 is 0 Å². The molecule has 0 saturated carbocycles. The van der Waals surface area contributed by atoms with E-state index in [0.29, 0.717) is 6.10 Å². The first-order valence-electron chi connectivity index (χ1n) is 6.15. The maximum absolute atomic E-state index is 6.11. The van der Waals surface area contributed by atoms with Crippen LogP contribution in [-0.4, -0.2) is 42.2 Å². The van der Waals surface area contributed by atoms with Crippen LogP contribution in [0.4, 0.5) is 0 Å². The van der Waals surface area contributed by atoms with E-state index in [2.05, 4.69) is 9.88 Å². The van der Waals surface area contributed by atoms with Crippen molar-refractivity contribution in [2.75, 3.05) is 20.2 Å². The normalized spacial score (nSPS) is 24.8. The molecule has 0 spiro atoms. The number of nitrogens with zero attached hydrogens (tertiary/aromatic N) is 2. The maximum atomic E-state index is 6.11. The van der Waals surface area contributed by atoms with E-state index >= 15 is 0 Å². The highest BCUT2D eigenvalue weighted by Crippen LogP contribution is 2.26. The second kappa shape index (κ2) is 5.58. The Bertz CT molecular complexity index is 342. The summed E-state index contributed by atoms with van der Waals surface area (Å²) in [7, 11) is 1.77. The lowest BCUT2D eigenvalue weighted by Gasteiger charge is -2.30. The molecule has 4 heteroatoms. The highest BCUT2D eigenvalue weighted by molar-refractivity contribution is 5.11. The summed E-state index contributed by atoms with van der Waals surface area (Å²) in [6.07, 6.45) is 3.24. The van der Waals surface area contributed by atoms with Crippen molar-refractivity contribution in [2.24, 2.45) is 5.73 Å². The van der Waals surface area contributed by atoms with Gasteiger partial charge < -0.3 is 10.5 Å². The zero-order chi connectivity index (χ0) is 12.3. The van der Waals surface area contributed by atoms with Crippen molar-refractivity contribution in [1.82, 2.24) is 9.88 Å². The molecule has 0 bridgehead atoms. The predicted octanol–water partition coefficient (Wildman–Crippen LogP) is 1.19. The van der Waals surface area contributed by atoms with Crippen LogP contribution in [0.5, 0.6) is 0 Å². The summed E-state index contributed by atoms with van der Waals surface area (Å²) in [5.41, 5.74) is 7.17. The second-order valence-electron chi connectivity index (χ2n) is 4.70. The summed E-state index contributed by atoms with van der Waals surface area (Å²) in [6.45, 7) is 4.01. The molecule has 1 aliphatic heterocycles. The molecule has 4 nitrogen and oxygen atoms in total. The van der Waals surface area contributed by atoms with Gasteiger partial charge in [0, 0.05) is 32.4 Å². The first kappa shape index (κ1) is 12.5. The van der Waals surface area contributed by atoms with Gasteiger partial charge in [0.2, 0.25) is 0 Å². The molecule has 0 radical (unpaired) electrons. The van der Waals surface area contributed by atoms with Gasteiger partial charge in [-0.15, -0.1) is 0 Å². The Balaban J connectivity index is 2.14. The summed E-state index contributed by atoms with van der Waals surface area (Å²) in [5, 5.41) is 0. The van der Waals surface area contributed by atoms with Crippen LogP contribution in [0, 0.1) is 0 Å². The molecule has 2 N–H and O–H groups in total. The van der Waals surface area contributed by atoms with E-state index in [-0.39, 0.29) is 12.1 Å². The van der Waals surface area contributed by atoms with Crippen LogP contribution in [0.1, 0.15) is 25.1 Å². The van der Waals surface area contributed by atoms with Gasteiger partial charge in [0.25, 0.3) is 0 Å². The summed E-state index contributed by atoms with van der Waals surface area (Å²) >= 11 is 0. The molecule has 1 aromatic heterocycles. The third kappa shape index (κ3) is 2.83. The minimum Gasteiger partial charge on any atom is -0.380 e. The number of nitrogens with two attached hydrogens (primary N) is 1. The summed E-state index contributed by atoms with van der Waals surface area (Å²) in [5.74, 6) is 0. The first-order chi connectivity index (χ1) is 8.22. The van der Waals surface area contributed by atoms with Gasteiger partial charge in [-0.2, -0.15) is 0 Å². The van der Waals surface area contributed by atoms with Crippen LogP contribution in [0.25, 0.3) is 0 Å². The van der Waals surface area contributed by atoms with E-state index in [0.717, 1.165) is 25.2 Å². The highest BCUT2D eigenvalue weighted by atomic mass is 16.5. The van der Waals surface area contributed by atoms with Gasteiger partial charge >= 0.3 is 0 Å². The van der Waals surface area contributed by atoms with E-state index in [9.17, 15) is 0 Å². The number of methoxy groups -OCH3 is 1. The lowest BCUT2D eigenvalue weighted by atomic mass is 10.1. The average molecular weight is 235 g/mol. The van der Waals surface area contributed by atoms with Crippen LogP contribution >= 0.6 is 0 Å². The van der Waals surface area contributed by atoms with Crippen LogP contribution in [0.2, 0.25) is 0 Å². The molecule has 2 rings (SSSR count). The molecule has 2 heterocycles. The molecule has 3 unspecified atom stereocenters. The number of pyridine rings is 1. The lowest BCUT2D eigenvalue weighted by molar-refractivity contribution is 0.0976. The summed E-state index contributed by atoms with van der Waals surface area (Å²) in [4.78, 5) is 6.81. The molecule has 17 heavy (non-hydrogen) atoms. The molecular weight excluding hydrogens is 214 g/mol. The molecule has 0 aliphatic carbocycles. The number of hydrogen-bond donors (Lipinski definition) is 1. The minimum atomic E-state index is 0.0699. The molecule has 1 aliphatic rings. The fourth-order valence-corrected chi connectivity index (χ4v) is 2.54. The van der Waals surface area contributed by atoms with Crippen LogP contribution < -0.4 is 5.73 Å². The van der Waals surface area contributed by atoms with Crippen molar-refractivity contribution in [3.05, 3.63) is 30.1 Å². The van der Waals surface area contributed by atoms with Crippen LogP contribution in [0.3, 0.4) is 0 Å². The zero-order valence-corrected chi connectivity index (χ0v) is 10.5. The number of ether oxygens (including phenoxy) is 1. The van der Waals surface area contributed by atoms with Crippen molar-refractivity contribution in [3.63, 3.8) is 0 Å². The van der Waals surface area contributed by atoms with Crippen molar-refractivity contribution in [1.29, 1.82) is 0 Å². The Kier molecular flexibility index (Phi) is 4.10. The fourth-order valence-electron chi connectivity index (χ4n) is 2.54. The van der Waals surface area contributed by atoms with E-state index in [1.54, 1.807) is 7.11 Å². The van der Waals surface area contributed by atoms with Crippen LogP contribution in [-0.2, 0) is 4.74 Å². The van der Waals surface area contributed by atoms with Crippen LogP contribution in [0.15, 0.2) is 24.4 Å². The van der Waals surface area contributed by atoms with E-state index in [1.807, 2.05) is 31.3 Å².